The van der Waals surface area contributed by atoms with Crippen LogP contribution in [0.15, 0.2) is 79.1 Å². The predicted octanol–water partition coefficient (Wildman–Crippen LogP) is 5.65. The molecule has 0 fully saturated rings. The van der Waals surface area contributed by atoms with Gasteiger partial charge in [-0.05, 0) is 55.5 Å². The van der Waals surface area contributed by atoms with Crippen LogP contribution >= 0.6 is 0 Å². The zero-order valence-electron chi connectivity index (χ0n) is 20.8. The highest BCUT2D eigenvalue weighted by Gasteiger charge is 2.30. The van der Waals surface area contributed by atoms with Gasteiger partial charge in [0.25, 0.3) is 5.91 Å². The van der Waals surface area contributed by atoms with Crippen molar-refractivity contribution in [2.24, 2.45) is 0 Å². The summed E-state index contributed by atoms with van der Waals surface area (Å²) < 4.78 is 19.3. The Morgan fingerprint density at radius 3 is 2.68 bits per heavy atom. The Hall–Kier alpha value is -4.89. The van der Waals surface area contributed by atoms with Gasteiger partial charge in [-0.2, -0.15) is 0 Å². The standard InChI is InChI=1S/C29H25N5O4/c1-17-25-23(15-37-17)34(27-26(25)31-16-32-28(27)30)19-10-12-20(13-11-19)38-21-7-5-6-18(14-21)33-29(35)22-8-3-4-9-24(22)36-2/h3-14,16-17H,15H2,1-2H3,(H,33,35)(H2,30,31,32). The summed E-state index contributed by atoms with van der Waals surface area (Å²) in [5.41, 5.74) is 11.9. The van der Waals surface area contributed by atoms with Gasteiger partial charge in [0.1, 0.15) is 34.6 Å². The first-order chi connectivity index (χ1) is 18.5. The highest BCUT2D eigenvalue weighted by molar-refractivity contribution is 6.06. The van der Waals surface area contributed by atoms with Gasteiger partial charge in [0, 0.05) is 23.0 Å². The van der Waals surface area contributed by atoms with Crippen LogP contribution in [0.3, 0.4) is 0 Å². The summed E-state index contributed by atoms with van der Waals surface area (Å²) in [4.78, 5) is 21.5. The minimum absolute atomic E-state index is 0.0681. The number of nitrogens with one attached hydrogen (secondary N) is 1. The van der Waals surface area contributed by atoms with Gasteiger partial charge in [0.05, 0.1) is 31.1 Å². The Morgan fingerprint density at radius 2 is 1.87 bits per heavy atom. The number of ether oxygens (including phenoxy) is 3. The molecule has 3 aromatic carbocycles. The molecule has 1 aliphatic heterocycles. The zero-order chi connectivity index (χ0) is 26.2. The first kappa shape index (κ1) is 23.5. The Morgan fingerprint density at radius 1 is 1.05 bits per heavy atom. The van der Waals surface area contributed by atoms with E-state index in [2.05, 4.69) is 19.9 Å². The molecule has 0 saturated carbocycles. The van der Waals surface area contributed by atoms with E-state index in [-0.39, 0.29) is 12.0 Å². The van der Waals surface area contributed by atoms with Crippen molar-refractivity contribution in [1.29, 1.82) is 0 Å². The Balaban J connectivity index is 1.24. The summed E-state index contributed by atoms with van der Waals surface area (Å²) in [6.07, 6.45) is 1.42. The first-order valence-electron chi connectivity index (χ1n) is 12.1. The van der Waals surface area contributed by atoms with Crippen molar-refractivity contribution < 1.29 is 19.0 Å². The summed E-state index contributed by atoms with van der Waals surface area (Å²) in [5, 5.41) is 2.90. The molecule has 0 radical (unpaired) electrons. The second-order valence-corrected chi connectivity index (χ2v) is 8.88. The molecule has 1 aliphatic rings. The number of hydrogen-bond donors (Lipinski definition) is 2. The summed E-state index contributed by atoms with van der Waals surface area (Å²) in [6.45, 7) is 2.48. The van der Waals surface area contributed by atoms with Crippen LogP contribution in [0.25, 0.3) is 16.7 Å². The van der Waals surface area contributed by atoms with Crippen molar-refractivity contribution in [3.8, 4) is 22.9 Å². The van der Waals surface area contributed by atoms with E-state index in [1.807, 2.05) is 49.4 Å². The number of nitrogens with two attached hydrogens (primary N) is 1. The van der Waals surface area contributed by atoms with E-state index in [1.165, 1.54) is 13.4 Å². The van der Waals surface area contributed by atoms with Gasteiger partial charge in [-0.1, -0.05) is 18.2 Å². The van der Waals surface area contributed by atoms with Crippen LogP contribution in [0.5, 0.6) is 17.2 Å². The molecule has 1 atom stereocenters. The summed E-state index contributed by atoms with van der Waals surface area (Å²) >= 11 is 0. The van der Waals surface area contributed by atoms with Crippen LogP contribution < -0.4 is 20.5 Å². The molecular weight excluding hydrogens is 482 g/mol. The molecule has 5 aromatic rings. The van der Waals surface area contributed by atoms with Crippen molar-refractivity contribution in [3.05, 3.63) is 95.9 Å². The number of methoxy groups -OCH3 is 1. The molecule has 0 aliphatic carbocycles. The maximum absolute atomic E-state index is 12.8. The van der Waals surface area contributed by atoms with E-state index in [1.54, 1.807) is 30.3 Å². The molecule has 1 amide bonds. The molecule has 3 heterocycles. The van der Waals surface area contributed by atoms with E-state index in [0.717, 1.165) is 28.0 Å². The van der Waals surface area contributed by atoms with Gasteiger partial charge in [-0.3, -0.25) is 4.79 Å². The molecule has 0 spiro atoms. The van der Waals surface area contributed by atoms with Gasteiger partial charge in [-0.25, -0.2) is 9.97 Å². The predicted molar refractivity (Wildman–Crippen MR) is 144 cm³/mol. The number of fused-ring (bicyclic) bond motifs is 3. The number of carbonyl (C=O) groups excluding carboxylic acids is 1. The van der Waals surface area contributed by atoms with Gasteiger partial charge < -0.3 is 29.8 Å². The molecular formula is C29H25N5O4. The topological polar surface area (TPSA) is 114 Å². The lowest BCUT2D eigenvalue weighted by Crippen LogP contribution is -2.13. The molecule has 6 rings (SSSR count). The van der Waals surface area contributed by atoms with Crippen molar-refractivity contribution in [1.82, 2.24) is 14.5 Å². The first-order valence-corrected chi connectivity index (χ1v) is 12.1. The maximum Gasteiger partial charge on any atom is 0.259 e. The molecule has 38 heavy (non-hydrogen) atoms. The minimum Gasteiger partial charge on any atom is -0.496 e. The number of carbonyl (C=O) groups is 1. The van der Waals surface area contributed by atoms with Gasteiger partial charge in [-0.15, -0.1) is 0 Å². The third kappa shape index (κ3) is 4.08. The molecule has 1 unspecified atom stereocenters. The van der Waals surface area contributed by atoms with Crippen molar-refractivity contribution in [2.45, 2.75) is 19.6 Å². The Bertz CT molecular complexity index is 1660. The highest BCUT2D eigenvalue weighted by atomic mass is 16.5. The second kappa shape index (κ2) is 9.53. The summed E-state index contributed by atoms with van der Waals surface area (Å²) in [6, 6.07) is 22.0. The van der Waals surface area contributed by atoms with Crippen LogP contribution in [0.4, 0.5) is 11.5 Å². The van der Waals surface area contributed by atoms with Crippen molar-refractivity contribution in [3.63, 3.8) is 0 Å². The van der Waals surface area contributed by atoms with Crippen molar-refractivity contribution >= 4 is 28.4 Å². The smallest absolute Gasteiger partial charge is 0.259 e. The van der Waals surface area contributed by atoms with Crippen LogP contribution in [-0.2, 0) is 11.3 Å². The number of anilines is 2. The fraction of sp³-hybridized carbons (Fsp3) is 0.138. The van der Waals surface area contributed by atoms with Crippen LogP contribution in [-0.4, -0.2) is 27.6 Å². The normalized spacial score (nSPS) is 14.3. The monoisotopic (exact) mass is 507 g/mol. The largest absolute Gasteiger partial charge is 0.496 e. The fourth-order valence-corrected chi connectivity index (χ4v) is 4.81. The van der Waals surface area contributed by atoms with E-state index in [0.29, 0.717) is 40.9 Å². The summed E-state index contributed by atoms with van der Waals surface area (Å²) in [5.74, 6) is 1.89. The number of aromatic nitrogens is 3. The van der Waals surface area contributed by atoms with E-state index >= 15 is 0 Å². The number of nitrogens with zero attached hydrogens (tertiary/aromatic N) is 3. The van der Waals surface area contributed by atoms with Crippen molar-refractivity contribution in [2.75, 3.05) is 18.2 Å². The van der Waals surface area contributed by atoms with Gasteiger partial charge in [0.2, 0.25) is 0 Å². The zero-order valence-corrected chi connectivity index (χ0v) is 20.8. The Kier molecular flexibility index (Phi) is 5.89. The Labute approximate surface area is 218 Å². The number of nitrogen functional groups attached to an aromatic ring is 1. The van der Waals surface area contributed by atoms with Crippen LogP contribution in [0.2, 0.25) is 0 Å². The average molecular weight is 508 g/mol. The van der Waals surface area contributed by atoms with Gasteiger partial charge in [0.15, 0.2) is 5.82 Å². The summed E-state index contributed by atoms with van der Waals surface area (Å²) in [7, 11) is 1.54. The number of amides is 1. The van der Waals surface area contributed by atoms with E-state index < -0.39 is 0 Å². The van der Waals surface area contributed by atoms with Gasteiger partial charge >= 0.3 is 0 Å². The lowest BCUT2D eigenvalue weighted by molar-refractivity contribution is 0.0783. The fourth-order valence-electron chi connectivity index (χ4n) is 4.81. The third-order valence-electron chi connectivity index (χ3n) is 6.56. The number of hydrogen-bond acceptors (Lipinski definition) is 7. The quantitative estimate of drug-likeness (QED) is 0.305. The maximum atomic E-state index is 12.8. The molecule has 2 aromatic heterocycles. The SMILES string of the molecule is COc1ccccc1C(=O)Nc1cccc(Oc2ccc(-n3c4c(c5ncnc(N)c53)C(C)OC4)cc2)c1. The highest BCUT2D eigenvalue weighted by Crippen LogP contribution is 2.41. The lowest BCUT2D eigenvalue weighted by atomic mass is 10.1. The van der Waals surface area contributed by atoms with E-state index in [4.69, 9.17) is 19.9 Å². The second-order valence-electron chi connectivity index (χ2n) is 8.88. The number of rotatable bonds is 6. The molecule has 0 saturated heterocycles. The molecule has 0 bridgehead atoms. The minimum atomic E-state index is -0.267. The van der Waals surface area contributed by atoms with Crippen LogP contribution in [0.1, 0.15) is 34.6 Å². The lowest BCUT2D eigenvalue weighted by Gasteiger charge is -2.13. The van der Waals surface area contributed by atoms with E-state index in [9.17, 15) is 4.79 Å². The van der Waals surface area contributed by atoms with Crippen LogP contribution in [0, 0.1) is 0 Å². The molecule has 9 nitrogen and oxygen atoms in total. The average Bonchev–Trinajstić information content (AvgIpc) is 3.48. The third-order valence-corrected chi connectivity index (χ3v) is 6.56. The molecule has 3 N–H and O–H groups in total. The number of benzene rings is 3. The number of para-hydroxylation sites is 1. The molecule has 9 heteroatoms. The molecule has 190 valence electrons.